The molecule has 0 aromatic carbocycles. The Morgan fingerprint density at radius 2 is 1.73 bits per heavy atom. The molecule has 1 aliphatic carbocycles. The maximum absolute atomic E-state index is 11.4. The van der Waals surface area contributed by atoms with Crippen LogP contribution in [-0.4, -0.2) is 36.0 Å². The van der Waals surface area contributed by atoms with Gasteiger partial charge in [0.15, 0.2) is 0 Å². The Morgan fingerprint density at radius 1 is 1.20 bits per heavy atom. The van der Waals surface area contributed by atoms with Gasteiger partial charge in [-0.3, -0.25) is 14.4 Å². The number of hydrogen-bond donors (Lipinski definition) is 3. The fraction of sp³-hybridized carbons (Fsp3) is 0.667. The number of carbonyl (C=O) groups is 3. The van der Waals surface area contributed by atoms with E-state index in [2.05, 4.69) is 10.6 Å². The van der Waals surface area contributed by atoms with Gasteiger partial charge in [-0.15, -0.1) is 0 Å². The molecule has 1 fully saturated rings. The summed E-state index contributed by atoms with van der Waals surface area (Å²) in [6.45, 7) is 1.95. The first-order valence-corrected chi connectivity index (χ1v) is 4.75. The van der Waals surface area contributed by atoms with Crippen LogP contribution < -0.4 is 10.6 Å². The highest BCUT2D eigenvalue weighted by Gasteiger charge is 2.56. The third kappa shape index (κ3) is 2.68. The van der Waals surface area contributed by atoms with Crippen molar-refractivity contribution in [1.29, 1.82) is 0 Å². The molecule has 0 atom stereocenters. The number of carboxylic acid groups (broad SMARTS) is 1. The molecule has 84 valence electrons. The van der Waals surface area contributed by atoms with E-state index >= 15 is 0 Å². The largest absolute Gasteiger partial charge is 0.480 e. The predicted octanol–water partition coefficient (Wildman–Crippen LogP) is -0.896. The van der Waals surface area contributed by atoms with Crippen LogP contribution in [0.3, 0.4) is 0 Å². The Kier molecular flexibility index (Phi) is 3.28. The van der Waals surface area contributed by atoms with Gasteiger partial charge in [0, 0.05) is 20.0 Å². The third-order valence-electron chi connectivity index (χ3n) is 2.38. The number of carboxylic acids is 1. The summed E-state index contributed by atoms with van der Waals surface area (Å²) >= 11 is 0. The van der Waals surface area contributed by atoms with E-state index in [-0.39, 0.29) is 12.5 Å². The average molecular weight is 214 g/mol. The SMILES string of the molecule is CC(=O)NCCNC(=O)C1(C(=O)O)CC1. The minimum Gasteiger partial charge on any atom is -0.480 e. The van der Waals surface area contributed by atoms with Crippen molar-refractivity contribution in [2.75, 3.05) is 13.1 Å². The molecule has 6 nitrogen and oxygen atoms in total. The van der Waals surface area contributed by atoms with E-state index in [1.807, 2.05) is 0 Å². The molecule has 1 saturated carbocycles. The van der Waals surface area contributed by atoms with E-state index in [4.69, 9.17) is 5.11 Å². The Bertz CT molecular complexity index is 296. The highest BCUT2D eigenvalue weighted by atomic mass is 16.4. The molecule has 0 bridgehead atoms. The van der Waals surface area contributed by atoms with Crippen molar-refractivity contribution in [1.82, 2.24) is 10.6 Å². The molecule has 1 rings (SSSR count). The van der Waals surface area contributed by atoms with E-state index in [0.717, 1.165) is 0 Å². The second-order valence-corrected chi connectivity index (χ2v) is 3.63. The quantitative estimate of drug-likeness (QED) is 0.408. The number of carbonyl (C=O) groups excluding carboxylic acids is 2. The van der Waals surface area contributed by atoms with Crippen LogP contribution in [0.2, 0.25) is 0 Å². The predicted molar refractivity (Wildman–Crippen MR) is 51.0 cm³/mol. The standard InChI is InChI=1S/C9H14N2O4/c1-6(12)10-4-5-11-7(13)9(2-3-9)8(14)15/h2-5H2,1H3,(H,10,12)(H,11,13)(H,14,15). The van der Waals surface area contributed by atoms with Gasteiger partial charge in [-0.2, -0.15) is 0 Å². The topological polar surface area (TPSA) is 95.5 Å². The maximum atomic E-state index is 11.4. The molecule has 0 aromatic rings. The van der Waals surface area contributed by atoms with Crippen molar-refractivity contribution >= 4 is 17.8 Å². The van der Waals surface area contributed by atoms with Gasteiger partial charge in [-0.05, 0) is 12.8 Å². The van der Waals surface area contributed by atoms with Crippen LogP contribution in [0.4, 0.5) is 0 Å². The lowest BCUT2D eigenvalue weighted by atomic mass is 10.1. The molecule has 15 heavy (non-hydrogen) atoms. The number of amides is 2. The molecule has 0 aromatic heterocycles. The zero-order valence-corrected chi connectivity index (χ0v) is 8.50. The third-order valence-corrected chi connectivity index (χ3v) is 2.38. The van der Waals surface area contributed by atoms with Crippen molar-refractivity contribution in [3.8, 4) is 0 Å². The van der Waals surface area contributed by atoms with Gasteiger partial charge in [-0.25, -0.2) is 0 Å². The van der Waals surface area contributed by atoms with Gasteiger partial charge in [0.2, 0.25) is 11.8 Å². The summed E-state index contributed by atoms with van der Waals surface area (Å²) in [5.41, 5.74) is -1.20. The van der Waals surface area contributed by atoms with Gasteiger partial charge in [-0.1, -0.05) is 0 Å². The molecule has 2 amide bonds. The zero-order valence-electron chi connectivity index (χ0n) is 8.50. The fourth-order valence-electron chi connectivity index (χ4n) is 1.25. The minimum absolute atomic E-state index is 0.177. The van der Waals surface area contributed by atoms with Crippen molar-refractivity contribution in [2.45, 2.75) is 19.8 Å². The van der Waals surface area contributed by atoms with Crippen LogP contribution in [0.1, 0.15) is 19.8 Å². The lowest BCUT2D eigenvalue weighted by molar-refractivity contribution is -0.149. The first-order valence-electron chi connectivity index (χ1n) is 4.75. The molecule has 3 N–H and O–H groups in total. The second-order valence-electron chi connectivity index (χ2n) is 3.63. The molecular weight excluding hydrogens is 200 g/mol. The Balaban J connectivity index is 2.25. The zero-order chi connectivity index (χ0) is 11.5. The highest BCUT2D eigenvalue weighted by molar-refractivity contribution is 6.04. The molecule has 6 heteroatoms. The van der Waals surface area contributed by atoms with Crippen LogP contribution in [0.25, 0.3) is 0 Å². The Morgan fingerprint density at radius 3 is 2.13 bits per heavy atom. The van der Waals surface area contributed by atoms with Crippen molar-refractivity contribution in [2.24, 2.45) is 5.41 Å². The van der Waals surface area contributed by atoms with Gasteiger partial charge >= 0.3 is 5.97 Å². The van der Waals surface area contributed by atoms with E-state index in [0.29, 0.717) is 19.4 Å². The summed E-state index contributed by atoms with van der Waals surface area (Å²) in [4.78, 5) is 32.6. The van der Waals surface area contributed by atoms with Crippen molar-refractivity contribution in [3.05, 3.63) is 0 Å². The summed E-state index contributed by atoms with van der Waals surface area (Å²) in [5, 5.41) is 13.8. The highest BCUT2D eigenvalue weighted by Crippen LogP contribution is 2.45. The molecule has 0 saturated heterocycles. The number of rotatable bonds is 5. The van der Waals surface area contributed by atoms with Gasteiger partial charge < -0.3 is 15.7 Å². The lowest BCUT2D eigenvalue weighted by Gasteiger charge is -2.10. The average Bonchev–Trinajstić information content (AvgIpc) is 2.92. The fourth-order valence-corrected chi connectivity index (χ4v) is 1.25. The summed E-state index contributed by atoms with van der Waals surface area (Å²) < 4.78 is 0. The van der Waals surface area contributed by atoms with Gasteiger partial charge in [0.25, 0.3) is 0 Å². The molecule has 1 aliphatic rings. The Hall–Kier alpha value is -1.59. The molecule has 0 spiro atoms. The normalized spacial score (nSPS) is 16.6. The summed E-state index contributed by atoms with van der Waals surface area (Å²) in [7, 11) is 0. The molecular formula is C9H14N2O4. The summed E-state index contributed by atoms with van der Waals surface area (Å²) in [6, 6.07) is 0. The lowest BCUT2D eigenvalue weighted by Crippen LogP contribution is -2.40. The van der Waals surface area contributed by atoms with Gasteiger partial charge in [0.05, 0.1) is 0 Å². The van der Waals surface area contributed by atoms with Crippen molar-refractivity contribution < 1.29 is 19.5 Å². The number of hydrogen-bond acceptors (Lipinski definition) is 3. The number of aliphatic carboxylic acids is 1. The van der Waals surface area contributed by atoms with Gasteiger partial charge in [0.1, 0.15) is 5.41 Å². The first-order chi connectivity index (χ1) is 6.99. The monoisotopic (exact) mass is 214 g/mol. The number of nitrogens with one attached hydrogen (secondary N) is 2. The van der Waals surface area contributed by atoms with E-state index in [9.17, 15) is 14.4 Å². The maximum Gasteiger partial charge on any atom is 0.319 e. The van der Waals surface area contributed by atoms with Crippen molar-refractivity contribution in [3.63, 3.8) is 0 Å². The first kappa shape index (κ1) is 11.5. The summed E-state index contributed by atoms with van der Waals surface area (Å²) in [5.74, 6) is -1.71. The van der Waals surface area contributed by atoms with Crippen LogP contribution in [-0.2, 0) is 14.4 Å². The Labute approximate surface area is 87.0 Å². The van der Waals surface area contributed by atoms with Crippen LogP contribution in [0, 0.1) is 5.41 Å². The molecule has 0 aliphatic heterocycles. The van der Waals surface area contributed by atoms with E-state index in [1.54, 1.807) is 0 Å². The van der Waals surface area contributed by atoms with Crippen LogP contribution >= 0.6 is 0 Å². The van der Waals surface area contributed by atoms with Crippen LogP contribution in [0.5, 0.6) is 0 Å². The van der Waals surface area contributed by atoms with E-state index in [1.165, 1.54) is 6.92 Å². The minimum atomic E-state index is -1.20. The van der Waals surface area contributed by atoms with Crippen LogP contribution in [0.15, 0.2) is 0 Å². The molecule has 0 heterocycles. The molecule has 0 radical (unpaired) electrons. The summed E-state index contributed by atoms with van der Waals surface area (Å²) in [6.07, 6.45) is 0.794. The second kappa shape index (κ2) is 4.29. The van der Waals surface area contributed by atoms with E-state index < -0.39 is 17.3 Å². The smallest absolute Gasteiger partial charge is 0.319 e. The molecule has 0 unspecified atom stereocenters.